The van der Waals surface area contributed by atoms with Crippen molar-refractivity contribution >= 4 is 29.2 Å². The van der Waals surface area contributed by atoms with Crippen molar-refractivity contribution in [2.75, 3.05) is 24.5 Å². The zero-order chi connectivity index (χ0) is 16.1. The molecule has 120 valence electrons. The molecule has 0 aliphatic carbocycles. The molecule has 22 heavy (non-hydrogen) atoms. The van der Waals surface area contributed by atoms with Crippen molar-refractivity contribution in [2.45, 2.75) is 18.9 Å². The van der Waals surface area contributed by atoms with E-state index in [4.69, 9.17) is 17.3 Å². The number of hydrogen-bond acceptors (Lipinski definition) is 3. The van der Waals surface area contributed by atoms with Crippen LogP contribution < -0.4 is 21.3 Å². The third kappa shape index (κ3) is 4.49. The van der Waals surface area contributed by atoms with E-state index in [1.165, 1.54) is 6.07 Å². The van der Waals surface area contributed by atoms with Crippen LogP contribution in [0.15, 0.2) is 18.2 Å². The van der Waals surface area contributed by atoms with Crippen molar-refractivity contribution in [1.82, 2.24) is 10.6 Å². The SMILES string of the molecule is NC(=O)CCNC(=O)NC1CCN(c2ccc(F)c(Cl)c2)C1. The molecule has 4 N–H and O–H groups in total. The number of urea groups is 1. The van der Waals surface area contributed by atoms with E-state index in [1.807, 2.05) is 4.90 Å². The first kappa shape index (κ1) is 16.4. The van der Waals surface area contributed by atoms with Crippen molar-refractivity contribution in [1.29, 1.82) is 0 Å². The molecule has 1 saturated heterocycles. The molecule has 0 saturated carbocycles. The highest BCUT2D eigenvalue weighted by Crippen LogP contribution is 2.25. The second kappa shape index (κ2) is 7.31. The summed E-state index contributed by atoms with van der Waals surface area (Å²) >= 11 is 5.78. The lowest BCUT2D eigenvalue weighted by Gasteiger charge is -2.19. The number of nitrogens with one attached hydrogen (secondary N) is 2. The molecule has 1 heterocycles. The highest BCUT2D eigenvalue weighted by Gasteiger charge is 2.24. The Kier molecular flexibility index (Phi) is 5.43. The monoisotopic (exact) mass is 328 g/mol. The van der Waals surface area contributed by atoms with E-state index >= 15 is 0 Å². The normalized spacial score (nSPS) is 17.4. The number of nitrogens with zero attached hydrogens (tertiary/aromatic N) is 1. The Balaban J connectivity index is 1.81. The molecule has 0 spiro atoms. The second-order valence-corrected chi connectivity index (χ2v) is 5.55. The summed E-state index contributed by atoms with van der Waals surface area (Å²) in [5, 5.41) is 5.48. The topological polar surface area (TPSA) is 87.5 Å². The Morgan fingerprint density at radius 2 is 2.23 bits per heavy atom. The molecule has 1 unspecified atom stereocenters. The van der Waals surface area contributed by atoms with E-state index in [-0.39, 0.29) is 30.1 Å². The van der Waals surface area contributed by atoms with Gasteiger partial charge in [-0.15, -0.1) is 0 Å². The molecule has 3 amide bonds. The molecule has 1 aromatic carbocycles. The highest BCUT2D eigenvalue weighted by molar-refractivity contribution is 6.31. The molecule has 0 radical (unpaired) electrons. The van der Waals surface area contributed by atoms with Crippen LogP contribution in [0.5, 0.6) is 0 Å². The molecule has 1 atom stereocenters. The summed E-state index contributed by atoms with van der Waals surface area (Å²) in [6.45, 7) is 1.57. The lowest BCUT2D eigenvalue weighted by atomic mass is 10.2. The third-order valence-electron chi connectivity index (χ3n) is 3.45. The number of carbonyl (C=O) groups is 2. The Hall–Kier alpha value is -2.02. The summed E-state index contributed by atoms with van der Waals surface area (Å²) in [5.41, 5.74) is 5.82. The largest absolute Gasteiger partial charge is 0.370 e. The minimum absolute atomic E-state index is 0.0163. The van der Waals surface area contributed by atoms with Gasteiger partial charge in [-0.05, 0) is 24.6 Å². The standard InChI is InChI=1S/C14H18ClFN4O2/c15-11-7-10(1-2-12(11)16)20-6-4-9(8-20)19-14(22)18-5-3-13(17)21/h1-2,7,9H,3-6,8H2,(H2,17,21)(H2,18,19,22). The molecule has 8 heteroatoms. The van der Waals surface area contributed by atoms with Crippen LogP contribution in [0, 0.1) is 5.82 Å². The maximum Gasteiger partial charge on any atom is 0.315 e. The summed E-state index contributed by atoms with van der Waals surface area (Å²) in [6, 6.07) is 4.22. The van der Waals surface area contributed by atoms with Gasteiger partial charge in [0, 0.05) is 37.8 Å². The fraction of sp³-hybridized carbons (Fsp3) is 0.429. The van der Waals surface area contributed by atoms with Crippen LogP contribution >= 0.6 is 11.6 Å². The molecule has 6 nitrogen and oxygen atoms in total. The van der Waals surface area contributed by atoms with E-state index in [0.717, 1.165) is 18.7 Å². The van der Waals surface area contributed by atoms with E-state index in [2.05, 4.69) is 10.6 Å². The van der Waals surface area contributed by atoms with Gasteiger partial charge in [0.1, 0.15) is 5.82 Å². The van der Waals surface area contributed by atoms with E-state index in [1.54, 1.807) is 12.1 Å². The molecule has 1 aliphatic rings. The Morgan fingerprint density at radius 1 is 1.45 bits per heavy atom. The number of halogens is 2. The Morgan fingerprint density at radius 3 is 2.91 bits per heavy atom. The first-order valence-electron chi connectivity index (χ1n) is 6.98. The van der Waals surface area contributed by atoms with Crippen molar-refractivity contribution in [2.24, 2.45) is 5.73 Å². The van der Waals surface area contributed by atoms with E-state index < -0.39 is 11.7 Å². The number of anilines is 1. The average molecular weight is 329 g/mol. The first-order valence-corrected chi connectivity index (χ1v) is 7.36. The van der Waals surface area contributed by atoms with Gasteiger partial charge in [0.05, 0.1) is 5.02 Å². The Labute approximate surface area is 132 Å². The maximum atomic E-state index is 13.2. The number of amides is 3. The number of rotatable bonds is 5. The summed E-state index contributed by atoms with van der Waals surface area (Å²) in [6.07, 6.45) is 0.885. The number of carbonyl (C=O) groups excluding carboxylic acids is 2. The van der Waals surface area contributed by atoms with Gasteiger partial charge >= 0.3 is 6.03 Å². The van der Waals surface area contributed by atoms with Gasteiger partial charge in [-0.1, -0.05) is 11.6 Å². The van der Waals surface area contributed by atoms with Crippen LogP contribution in [0.2, 0.25) is 5.02 Å². The summed E-state index contributed by atoms with van der Waals surface area (Å²) in [7, 11) is 0. The van der Waals surface area contributed by atoms with Gasteiger partial charge in [-0.3, -0.25) is 4.79 Å². The number of primary amides is 1. The van der Waals surface area contributed by atoms with Crippen molar-refractivity contribution < 1.29 is 14.0 Å². The predicted molar refractivity (Wildman–Crippen MR) is 82.4 cm³/mol. The summed E-state index contributed by atoms with van der Waals surface area (Å²) in [4.78, 5) is 24.3. The van der Waals surface area contributed by atoms with Crippen molar-refractivity contribution in [3.63, 3.8) is 0 Å². The van der Waals surface area contributed by atoms with Crippen LogP contribution in [-0.4, -0.2) is 37.6 Å². The van der Waals surface area contributed by atoms with Crippen LogP contribution in [0.3, 0.4) is 0 Å². The van der Waals surface area contributed by atoms with E-state index in [9.17, 15) is 14.0 Å². The molecule has 1 fully saturated rings. The molecule has 1 aliphatic heterocycles. The molecule has 0 aromatic heterocycles. The van der Waals surface area contributed by atoms with E-state index in [0.29, 0.717) is 6.54 Å². The molecular formula is C14H18ClFN4O2. The molecule has 1 aromatic rings. The Bertz CT molecular complexity index is 570. The number of hydrogen-bond donors (Lipinski definition) is 3. The quantitative estimate of drug-likeness (QED) is 0.759. The molecule has 2 rings (SSSR count). The van der Waals surface area contributed by atoms with Crippen LogP contribution in [0.25, 0.3) is 0 Å². The lowest BCUT2D eigenvalue weighted by Crippen LogP contribution is -2.44. The smallest absolute Gasteiger partial charge is 0.315 e. The van der Waals surface area contributed by atoms with Crippen LogP contribution in [0.4, 0.5) is 14.9 Å². The fourth-order valence-corrected chi connectivity index (χ4v) is 2.50. The van der Waals surface area contributed by atoms with Gasteiger partial charge in [0.2, 0.25) is 5.91 Å². The summed E-state index contributed by atoms with van der Waals surface area (Å²) in [5.74, 6) is -0.909. The second-order valence-electron chi connectivity index (χ2n) is 5.15. The summed E-state index contributed by atoms with van der Waals surface area (Å²) < 4.78 is 13.2. The fourth-order valence-electron chi connectivity index (χ4n) is 2.33. The molecule has 0 bridgehead atoms. The van der Waals surface area contributed by atoms with Crippen molar-refractivity contribution in [3.05, 3.63) is 29.0 Å². The van der Waals surface area contributed by atoms with Gasteiger partial charge in [-0.25, -0.2) is 9.18 Å². The van der Waals surface area contributed by atoms with Crippen LogP contribution in [0.1, 0.15) is 12.8 Å². The zero-order valence-electron chi connectivity index (χ0n) is 11.9. The van der Waals surface area contributed by atoms with Gasteiger partial charge in [-0.2, -0.15) is 0 Å². The lowest BCUT2D eigenvalue weighted by molar-refractivity contribution is -0.117. The van der Waals surface area contributed by atoms with Gasteiger partial charge in [0.15, 0.2) is 0 Å². The highest BCUT2D eigenvalue weighted by atomic mass is 35.5. The van der Waals surface area contributed by atoms with Gasteiger partial charge < -0.3 is 21.3 Å². The van der Waals surface area contributed by atoms with Gasteiger partial charge in [0.25, 0.3) is 0 Å². The minimum Gasteiger partial charge on any atom is -0.370 e. The first-order chi connectivity index (χ1) is 10.5. The van der Waals surface area contributed by atoms with Crippen LogP contribution in [-0.2, 0) is 4.79 Å². The number of benzene rings is 1. The zero-order valence-corrected chi connectivity index (χ0v) is 12.7. The number of nitrogens with two attached hydrogens (primary N) is 1. The third-order valence-corrected chi connectivity index (χ3v) is 3.74. The predicted octanol–water partition coefficient (Wildman–Crippen LogP) is 1.23. The maximum absolute atomic E-state index is 13.2. The average Bonchev–Trinajstić information content (AvgIpc) is 2.90. The van der Waals surface area contributed by atoms with Crippen molar-refractivity contribution in [3.8, 4) is 0 Å². The molecular weight excluding hydrogens is 311 g/mol. The minimum atomic E-state index is -0.458.